The molecule has 0 aromatic carbocycles. The molecule has 0 aromatic rings. The number of hydrogen-bond acceptors (Lipinski definition) is 0. The first kappa shape index (κ1) is 33.3. The molecule has 0 bridgehead atoms. The summed E-state index contributed by atoms with van der Waals surface area (Å²) < 4.78 is 0. The molecule has 0 spiro atoms. The molecule has 0 aliphatic heterocycles. The monoisotopic (exact) mass is 210 g/mol. The van der Waals surface area contributed by atoms with Gasteiger partial charge in [-0.05, 0) is 6.42 Å². The summed E-state index contributed by atoms with van der Waals surface area (Å²) in [5.41, 5.74) is 0. The number of hydrogen-bond donors (Lipinski definition) is 0. The predicted octanol–water partition coefficient (Wildman–Crippen LogP) is -7.73. The van der Waals surface area contributed by atoms with Crippen LogP contribution in [0.2, 0.25) is 0 Å². The molecular formula is C3H7AlCl4. The van der Waals surface area contributed by atoms with Crippen LogP contribution >= 0.6 is 11.6 Å². The summed E-state index contributed by atoms with van der Waals surface area (Å²) in [5, 5.41) is 0. The molecular weight excluding hydrogens is 205 g/mol. The zero-order valence-corrected chi connectivity index (χ0v) is 8.68. The molecule has 0 fully saturated rings. The van der Waals surface area contributed by atoms with Gasteiger partial charge in [0.05, 0.1) is 0 Å². The molecule has 0 aliphatic carbocycles. The van der Waals surface area contributed by atoms with Gasteiger partial charge in [0.2, 0.25) is 0 Å². The van der Waals surface area contributed by atoms with Crippen LogP contribution in [0.15, 0.2) is 0 Å². The largest absolute Gasteiger partial charge is 3.00 e. The van der Waals surface area contributed by atoms with Crippen LogP contribution in [0.4, 0.5) is 0 Å². The number of alkyl halides is 1. The normalized spacial score (nSPS) is 3.75. The maximum atomic E-state index is 5.19. The topological polar surface area (TPSA) is 0 Å². The van der Waals surface area contributed by atoms with Gasteiger partial charge in [0.15, 0.2) is 0 Å². The smallest absolute Gasteiger partial charge is 1.00 e. The Morgan fingerprint density at radius 2 is 1.25 bits per heavy atom. The SMILES string of the molecule is CCCCl.[Al+3].[Cl-].[Cl-].[Cl-]. The molecule has 0 atom stereocenters. The van der Waals surface area contributed by atoms with Gasteiger partial charge in [-0.3, -0.25) is 0 Å². The average Bonchev–Trinajstić information content (AvgIpc) is 1.37. The Kier molecular flexibility index (Phi) is 157. The molecule has 0 aromatic heterocycles. The van der Waals surface area contributed by atoms with Gasteiger partial charge in [-0.25, -0.2) is 0 Å². The molecule has 8 heavy (non-hydrogen) atoms. The van der Waals surface area contributed by atoms with Gasteiger partial charge in [0.1, 0.15) is 0 Å². The molecule has 0 heterocycles. The molecule has 0 aliphatic rings. The zero-order valence-electron chi connectivity index (χ0n) is 4.50. The van der Waals surface area contributed by atoms with Crippen molar-refractivity contribution in [1.29, 1.82) is 0 Å². The van der Waals surface area contributed by atoms with E-state index in [4.69, 9.17) is 11.6 Å². The first-order valence-electron chi connectivity index (χ1n) is 1.47. The van der Waals surface area contributed by atoms with Gasteiger partial charge in [-0.1, -0.05) is 6.92 Å². The van der Waals surface area contributed by atoms with Crippen LogP contribution in [-0.4, -0.2) is 23.2 Å². The van der Waals surface area contributed by atoms with Gasteiger partial charge in [0, 0.05) is 5.88 Å². The van der Waals surface area contributed by atoms with Crippen LogP contribution in [0, 0.1) is 0 Å². The maximum Gasteiger partial charge on any atom is 3.00 e. The van der Waals surface area contributed by atoms with Crippen molar-refractivity contribution in [3.63, 3.8) is 0 Å². The molecule has 0 N–H and O–H groups in total. The fourth-order valence-electron chi connectivity index (χ4n) is 0. The summed E-state index contributed by atoms with van der Waals surface area (Å²) in [7, 11) is 0. The van der Waals surface area contributed by atoms with Crippen molar-refractivity contribution in [1.82, 2.24) is 0 Å². The zero-order chi connectivity index (χ0) is 3.41. The van der Waals surface area contributed by atoms with Crippen LogP contribution in [-0.2, 0) is 0 Å². The van der Waals surface area contributed by atoms with Crippen LogP contribution in [0.25, 0.3) is 0 Å². The maximum absolute atomic E-state index is 5.19. The summed E-state index contributed by atoms with van der Waals surface area (Å²) in [6.07, 6.45) is 1.08. The average molecular weight is 212 g/mol. The number of halogens is 4. The Morgan fingerprint density at radius 1 is 1.12 bits per heavy atom. The summed E-state index contributed by atoms with van der Waals surface area (Å²) in [6, 6.07) is 0. The Balaban J connectivity index is -0.00000000750. The second-order valence-corrected chi connectivity index (χ2v) is 1.07. The molecule has 0 rings (SSSR count). The Bertz CT molecular complexity index is 13.2. The van der Waals surface area contributed by atoms with Gasteiger partial charge >= 0.3 is 17.4 Å². The molecule has 0 radical (unpaired) electrons. The van der Waals surface area contributed by atoms with E-state index < -0.39 is 0 Å². The summed E-state index contributed by atoms with van der Waals surface area (Å²) >= 11 is 5.19. The Hall–Kier alpha value is 1.69. The second-order valence-electron chi connectivity index (χ2n) is 0.689. The summed E-state index contributed by atoms with van der Waals surface area (Å²) in [4.78, 5) is 0. The van der Waals surface area contributed by atoms with Crippen LogP contribution < -0.4 is 37.2 Å². The van der Waals surface area contributed by atoms with Crippen molar-refractivity contribution in [2.75, 3.05) is 5.88 Å². The fraction of sp³-hybridized carbons (Fsp3) is 1.00. The van der Waals surface area contributed by atoms with E-state index in [1.54, 1.807) is 0 Å². The van der Waals surface area contributed by atoms with Crippen molar-refractivity contribution in [2.24, 2.45) is 0 Å². The Labute approximate surface area is 85.1 Å². The van der Waals surface area contributed by atoms with E-state index in [2.05, 4.69) is 0 Å². The molecule has 50 valence electrons. The van der Waals surface area contributed by atoms with Gasteiger partial charge in [0.25, 0.3) is 0 Å². The quantitative estimate of drug-likeness (QED) is 0.299. The molecule has 0 unspecified atom stereocenters. The minimum absolute atomic E-state index is 0. The third kappa shape index (κ3) is 47.5. The predicted molar refractivity (Wildman–Crippen MR) is 26.8 cm³/mol. The van der Waals surface area contributed by atoms with Crippen LogP contribution in [0.1, 0.15) is 13.3 Å². The Morgan fingerprint density at radius 3 is 1.25 bits per heavy atom. The van der Waals surface area contributed by atoms with E-state index in [-0.39, 0.29) is 54.6 Å². The van der Waals surface area contributed by atoms with E-state index in [0.29, 0.717) is 0 Å². The van der Waals surface area contributed by atoms with Crippen molar-refractivity contribution < 1.29 is 37.2 Å². The molecule has 0 saturated heterocycles. The van der Waals surface area contributed by atoms with Crippen molar-refractivity contribution in [2.45, 2.75) is 13.3 Å². The van der Waals surface area contributed by atoms with Crippen molar-refractivity contribution in [3.05, 3.63) is 0 Å². The third-order valence-corrected chi connectivity index (χ3v) is 0.567. The van der Waals surface area contributed by atoms with E-state index >= 15 is 0 Å². The molecule has 0 saturated carbocycles. The second kappa shape index (κ2) is 37.7. The summed E-state index contributed by atoms with van der Waals surface area (Å²) in [6.45, 7) is 2.05. The minimum Gasteiger partial charge on any atom is -1.00 e. The van der Waals surface area contributed by atoms with Crippen molar-refractivity contribution >= 4 is 29.0 Å². The molecule has 5 heteroatoms. The fourth-order valence-corrected chi connectivity index (χ4v) is 0. The van der Waals surface area contributed by atoms with E-state index in [0.717, 1.165) is 12.3 Å². The van der Waals surface area contributed by atoms with Crippen molar-refractivity contribution in [3.8, 4) is 0 Å². The first-order chi connectivity index (χ1) is 1.91. The number of rotatable bonds is 1. The standard InChI is InChI=1S/C3H7Cl.Al.3ClH/c1-2-3-4;;;;/h2-3H2,1H3;;3*1H/q;+3;;;/p-3. The van der Waals surface area contributed by atoms with E-state index in [9.17, 15) is 0 Å². The van der Waals surface area contributed by atoms with Gasteiger partial charge in [-0.2, -0.15) is 0 Å². The van der Waals surface area contributed by atoms with E-state index in [1.807, 2.05) is 6.92 Å². The van der Waals surface area contributed by atoms with Crippen LogP contribution in [0.3, 0.4) is 0 Å². The summed E-state index contributed by atoms with van der Waals surface area (Å²) in [5.74, 6) is 0.792. The van der Waals surface area contributed by atoms with Gasteiger partial charge in [-0.15, -0.1) is 11.6 Å². The minimum atomic E-state index is 0. The third-order valence-electron chi connectivity index (χ3n) is 0.189. The van der Waals surface area contributed by atoms with Crippen LogP contribution in [0.5, 0.6) is 0 Å². The first-order valence-corrected chi connectivity index (χ1v) is 2.01. The van der Waals surface area contributed by atoms with Gasteiger partial charge < -0.3 is 37.2 Å². The molecule has 0 amide bonds. The molecule has 0 nitrogen and oxygen atoms in total. The van der Waals surface area contributed by atoms with E-state index in [1.165, 1.54) is 0 Å².